The summed E-state index contributed by atoms with van der Waals surface area (Å²) in [6.45, 7) is 0.583. The largest absolute Gasteiger partial charge is 0.383 e. The van der Waals surface area contributed by atoms with Crippen molar-refractivity contribution in [1.29, 1.82) is 0 Å². The molecular formula is C10H12ClIN2O. The number of carbonyl (C=O) groups is 1. The van der Waals surface area contributed by atoms with E-state index in [1.807, 2.05) is 18.2 Å². The normalized spacial score (nSPS) is 9.80. The highest BCUT2D eigenvalue weighted by Gasteiger charge is 2.01. The maximum Gasteiger partial charge on any atom is 0.221 e. The molecule has 0 saturated heterocycles. The Morgan fingerprint density at radius 3 is 2.87 bits per heavy atom. The van der Waals surface area contributed by atoms with Crippen molar-refractivity contribution in [2.24, 2.45) is 0 Å². The van der Waals surface area contributed by atoms with Crippen molar-refractivity contribution < 1.29 is 4.79 Å². The minimum atomic E-state index is 0.0177. The molecule has 0 aliphatic heterocycles. The zero-order valence-electron chi connectivity index (χ0n) is 8.31. The molecule has 1 aromatic rings. The van der Waals surface area contributed by atoms with Crippen LogP contribution in [0.2, 0.25) is 5.02 Å². The maximum atomic E-state index is 11.0. The molecule has 1 amide bonds. The van der Waals surface area contributed by atoms with E-state index in [0.29, 0.717) is 18.0 Å². The third kappa shape index (κ3) is 4.25. The van der Waals surface area contributed by atoms with E-state index in [1.165, 1.54) is 0 Å². The molecule has 0 heterocycles. The lowest BCUT2D eigenvalue weighted by molar-refractivity contribution is -0.120. The Labute approximate surface area is 108 Å². The molecule has 0 radical (unpaired) electrons. The van der Waals surface area contributed by atoms with E-state index in [4.69, 9.17) is 11.6 Å². The molecule has 2 N–H and O–H groups in total. The van der Waals surface area contributed by atoms with Gasteiger partial charge in [-0.05, 0) is 40.8 Å². The lowest BCUT2D eigenvalue weighted by atomic mass is 10.3. The van der Waals surface area contributed by atoms with Gasteiger partial charge in [-0.1, -0.05) is 11.6 Å². The Morgan fingerprint density at radius 2 is 2.27 bits per heavy atom. The summed E-state index contributed by atoms with van der Waals surface area (Å²) >= 11 is 8.21. The molecule has 0 aliphatic rings. The molecule has 0 spiro atoms. The standard InChI is InChI=1S/C10H12ClIN2O/c1-13-10(15)4-5-14-9-3-2-7(12)6-8(9)11/h2-3,6,14H,4-5H2,1H3,(H,13,15). The molecule has 0 bridgehead atoms. The summed E-state index contributed by atoms with van der Waals surface area (Å²) in [6.07, 6.45) is 0.443. The second-order valence-electron chi connectivity index (χ2n) is 2.97. The Kier molecular flexibility index (Phi) is 5.17. The molecule has 15 heavy (non-hydrogen) atoms. The molecule has 82 valence electrons. The van der Waals surface area contributed by atoms with Gasteiger partial charge in [0, 0.05) is 23.6 Å². The molecule has 0 atom stereocenters. The molecule has 0 aliphatic carbocycles. The first-order chi connectivity index (χ1) is 7.13. The van der Waals surface area contributed by atoms with Crippen LogP contribution in [0.4, 0.5) is 5.69 Å². The number of nitrogens with one attached hydrogen (secondary N) is 2. The molecule has 5 heteroatoms. The van der Waals surface area contributed by atoms with Gasteiger partial charge in [-0.2, -0.15) is 0 Å². The van der Waals surface area contributed by atoms with Crippen molar-refractivity contribution in [2.75, 3.05) is 18.9 Å². The van der Waals surface area contributed by atoms with Gasteiger partial charge < -0.3 is 10.6 Å². The molecule has 0 saturated carbocycles. The van der Waals surface area contributed by atoms with Crippen LogP contribution in [-0.2, 0) is 4.79 Å². The van der Waals surface area contributed by atoms with Gasteiger partial charge >= 0.3 is 0 Å². The second kappa shape index (κ2) is 6.17. The number of anilines is 1. The van der Waals surface area contributed by atoms with Crippen LogP contribution < -0.4 is 10.6 Å². The van der Waals surface area contributed by atoms with E-state index in [1.54, 1.807) is 7.05 Å². The predicted molar refractivity (Wildman–Crippen MR) is 71.3 cm³/mol. The van der Waals surface area contributed by atoms with Crippen molar-refractivity contribution in [3.63, 3.8) is 0 Å². The van der Waals surface area contributed by atoms with Gasteiger partial charge in [0.1, 0.15) is 0 Å². The second-order valence-corrected chi connectivity index (χ2v) is 4.63. The summed E-state index contributed by atoms with van der Waals surface area (Å²) in [5, 5.41) is 6.35. The Morgan fingerprint density at radius 1 is 1.53 bits per heavy atom. The zero-order valence-corrected chi connectivity index (χ0v) is 11.2. The molecular weight excluding hydrogens is 326 g/mol. The highest BCUT2D eigenvalue weighted by atomic mass is 127. The van der Waals surface area contributed by atoms with Gasteiger partial charge in [0.05, 0.1) is 10.7 Å². The van der Waals surface area contributed by atoms with Crippen LogP contribution in [0.15, 0.2) is 18.2 Å². The van der Waals surface area contributed by atoms with Crippen molar-refractivity contribution in [2.45, 2.75) is 6.42 Å². The van der Waals surface area contributed by atoms with E-state index in [0.717, 1.165) is 9.26 Å². The van der Waals surface area contributed by atoms with Gasteiger partial charge in [0.15, 0.2) is 0 Å². The summed E-state index contributed by atoms with van der Waals surface area (Å²) in [4.78, 5) is 11.0. The third-order valence-electron chi connectivity index (χ3n) is 1.88. The number of rotatable bonds is 4. The fourth-order valence-electron chi connectivity index (χ4n) is 1.07. The molecule has 0 aromatic heterocycles. The van der Waals surface area contributed by atoms with E-state index < -0.39 is 0 Å². The zero-order chi connectivity index (χ0) is 11.3. The number of halogens is 2. The van der Waals surface area contributed by atoms with Gasteiger partial charge in [0.2, 0.25) is 5.91 Å². The van der Waals surface area contributed by atoms with Crippen LogP contribution in [0.25, 0.3) is 0 Å². The number of hydrogen-bond acceptors (Lipinski definition) is 2. The Hall–Kier alpha value is -0.490. The number of hydrogen-bond donors (Lipinski definition) is 2. The van der Waals surface area contributed by atoms with Crippen molar-refractivity contribution in [3.05, 3.63) is 26.8 Å². The average molecular weight is 339 g/mol. The van der Waals surface area contributed by atoms with Gasteiger partial charge in [-0.15, -0.1) is 0 Å². The first kappa shape index (κ1) is 12.6. The van der Waals surface area contributed by atoms with Crippen LogP contribution in [0.5, 0.6) is 0 Å². The monoisotopic (exact) mass is 338 g/mol. The van der Waals surface area contributed by atoms with E-state index >= 15 is 0 Å². The van der Waals surface area contributed by atoms with Gasteiger partial charge in [-0.25, -0.2) is 0 Å². The SMILES string of the molecule is CNC(=O)CCNc1ccc(I)cc1Cl. The van der Waals surface area contributed by atoms with Crippen molar-refractivity contribution >= 4 is 45.8 Å². The van der Waals surface area contributed by atoms with E-state index in [-0.39, 0.29) is 5.91 Å². The minimum Gasteiger partial charge on any atom is -0.383 e. The van der Waals surface area contributed by atoms with Crippen LogP contribution >= 0.6 is 34.2 Å². The van der Waals surface area contributed by atoms with Crippen molar-refractivity contribution in [3.8, 4) is 0 Å². The molecule has 0 fully saturated rings. The fraction of sp³-hybridized carbons (Fsp3) is 0.300. The van der Waals surface area contributed by atoms with E-state index in [2.05, 4.69) is 33.2 Å². The topological polar surface area (TPSA) is 41.1 Å². The molecule has 1 aromatic carbocycles. The minimum absolute atomic E-state index is 0.0177. The fourth-order valence-corrected chi connectivity index (χ4v) is 1.99. The molecule has 1 rings (SSSR count). The van der Waals surface area contributed by atoms with Gasteiger partial charge in [0.25, 0.3) is 0 Å². The van der Waals surface area contributed by atoms with Crippen molar-refractivity contribution in [1.82, 2.24) is 5.32 Å². The smallest absolute Gasteiger partial charge is 0.221 e. The third-order valence-corrected chi connectivity index (χ3v) is 2.86. The quantitative estimate of drug-likeness (QED) is 0.828. The Bertz CT molecular complexity index is 357. The summed E-state index contributed by atoms with van der Waals surface area (Å²) in [5.74, 6) is 0.0177. The molecule has 3 nitrogen and oxygen atoms in total. The first-order valence-electron chi connectivity index (χ1n) is 4.53. The first-order valence-corrected chi connectivity index (χ1v) is 5.98. The summed E-state index contributed by atoms with van der Waals surface area (Å²) in [6, 6.07) is 5.76. The highest BCUT2D eigenvalue weighted by Crippen LogP contribution is 2.23. The van der Waals surface area contributed by atoms with Gasteiger partial charge in [-0.3, -0.25) is 4.79 Å². The molecule has 0 unspecified atom stereocenters. The summed E-state index contributed by atoms with van der Waals surface area (Å²) in [5.41, 5.74) is 0.862. The highest BCUT2D eigenvalue weighted by molar-refractivity contribution is 14.1. The number of benzene rings is 1. The number of amides is 1. The summed E-state index contributed by atoms with van der Waals surface area (Å²) < 4.78 is 1.09. The van der Waals surface area contributed by atoms with Crippen LogP contribution in [0, 0.1) is 3.57 Å². The Balaban J connectivity index is 2.47. The maximum absolute atomic E-state index is 11.0. The summed E-state index contributed by atoms with van der Waals surface area (Å²) in [7, 11) is 1.63. The van der Waals surface area contributed by atoms with Crippen LogP contribution in [0.1, 0.15) is 6.42 Å². The predicted octanol–water partition coefficient (Wildman–Crippen LogP) is 2.49. The lowest BCUT2D eigenvalue weighted by Crippen LogP contribution is -2.20. The lowest BCUT2D eigenvalue weighted by Gasteiger charge is -2.07. The number of carbonyl (C=O) groups excluding carboxylic acids is 1. The van der Waals surface area contributed by atoms with E-state index in [9.17, 15) is 4.79 Å². The van der Waals surface area contributed by atoms with Crippen LogP contribution in [0.3, 0.4) is 0 Å². The van der Waals surface area contributed by atoms with Crippen LogP contribution in [-0.4, -0.2) is 19.5 Å². The average Bonchev–Trinajstić information content (AvgIpc) is 2.21.